The first-order valence-corrected chi connectivity index (χ1v) is 8.46. The third-order valence-electron chi connectivity index (χ3n) is 4.79. The van der Waals surface area contributed by atoms with E-state index in [9.17, 15) is 19.2 Å². The molecule has 10 nitrogen and oxygen atoms in total. The molecule has 0 radical (unpaired) electrons. The van der Waals surface area contributed by atoms with Gasteiger partial charge >= 0.3 is 23.9 Å². The molecule has 1 aliphatic heterocycles. The Labute approximate surface area is 166 Å². The van der Waals surface area contributed by atoms with Gasteiger partial charge in [0.1, 0.15) is 17.6 Å². The van der Waals surface area contributed by atoms with Gasteiger partial charge in [0, 0.05) is 0 Å². The number of carbonyl (C=O) groups excluding carboxylic acids is 4. The summed E-state index contributed by atoms with van der Waals surface area (Å²) in [6.07, 6.45) is -1.21. The van der Waals surface area contributed by atoms with Crippen LogP contribution in [0.4, 0.5) is 0 Å². The molecule has 3 atom stereocenters. The molecular formula is C19H22O10. The highest BCUT2D eigenvalue weighted by molar-refractivity contribution is 6.09. The SMILES string of the molecule is COC(=O)[C@@H]1[C@@H](c2ccc(OC)cc2)OC(C(=O)OC)(C(=O)OC)[C@H]1C(=O)OC. The fourth-order valence-electron chi connectivity index (χ4n) is 3.42. The zero-order valence-corrected chi connectivity index (χ0v) is 16.6. The van der Waals surface area contributed by atoms with E-state index >= 15 is 0 Å². The van der Waals surface area contributed by atoms with Gasteiger partial charge in [-0.2, -0.15) is 0 Å². The molecule has 0 N–H and O–H groups in total. The Morgan fingerprint density at radius 2 is 1.31 bits per heavy atom. The van der Waals surface area contributed by atoms with Crippen molar-refractivity contribution >= 4 is 23.9 Å². The van der Waals surface area contributed by atoms with E-state index in [1.807, 2.05) is 0 Å². The summed E-state index contributed by atoms with van der Waals surface area (Å²) in [6.45, 7) is 0. The first-order chi connectivity index (χ1) is 13.8. The van der Waals surface area contributed by atoms with Crippen LogP contribution in [0.1, 0.15) is 11.7 Å². The average molecular weight is 410 g/mol. The summed E-state index contributed by atoms with van der Waals surface area (Å²) >= 11 is 0. The van der Waals surface area contributed by atoms with Crippen molar-refractivity contribution in [2.24, 2.45) is 11.8 Å². The molecule has 29 heavy (non-hydrogen) atoms. The summed E-state index contributed by atoms with van der Waals surface area (Å²) < 4.78 is 29.9. The Morgan fingerprint density at radius 3 is 1.72 bits per heavy atom. The highest BCUT2D eigenvalue weighted by Gasteiger charge is 2.71. The number of ether oxygens (including phenoxy) is 6. The molecule has 0 unspecified atom stereocenters. The first kappa shape index (κ1) is 22.2. The van der Waals surface area contributed by atoms with Gasteiger partial charge in [-0.1, -0.05) is 12.1 Å². The Balaban J connectivity index is 2.73. The maximum atomic E-state index is 12.7. The zero-order valence-electron chi connectivity index (χ0n) is 16.6. The molecule has 0 saturated carbocycles. The van der Waals surface area contributed by atoms with Crippen LogP contribution < -0.4 is 4.74 Å². The van der Waals surface area contributed by atoms with Crippen molar-refractivity contribution in [3.63, 3.8) is 0 Å². The maximum Gasteiger partial charge on any atom is 0.351 e. The van der Waals surface area contributed by atoms with Crippen LogP contribution in [0.15, 0.2) is 24.3 Å². The lowest BCUT2D eigenvalue weighted by atomic mass is 9.77. The smallest absolute Gasteiger partial charge is 0.351 e. The van der Waals surface area contributed by atoms with Crippen molar-refractivity contribution in [2.45, 2.75) is 11.7 Å². The summed E-state index contributed by atoms with van der Waals surface area (Å²) in [4.78, 5) is 50.6. The van der Waals surface area contributed by atoms with Gasteiger partial charge in [0.25, 0.3) is 5.60 Å². The molecule has 1 fully saturated rings. The van der Waals surface area contributed by atoms with Crippen molar-refractivity contribution in [1.29, 1.82) is 0 Å². The maximum absolute atomic E-state index is 12.7. The van der Waals surface area contributed by atoms with Gasteiger partial charge in [0.05, 0.1) is 41.7 Å². The van der Waals surface area contributed by atoms with Gasteiger partial charge < -0.3 is 28.4 Å². The lowest BCUT2D eigenvalue weighted by Crippen LogP contribution is -2.56. The number of esters is 4. The van der Waals surface area contributed by atoms with Crippen molar-refractivity contribution in [1.82, 2.24) is 0 Å². The topological polar surface area (TPSA) is 124 Å². The van der Waals surface area contributed by atoms with Crippen LogP contribution in [0.3, 0.4) is 0 Å². The molecule has 1 aromatic rings. The van der Waals surface area contributed by atoms with E-state index in [0.29, 0.717) is 11.3 Å². The lowest BCUT2D eigenvalue weighted by Gasteiger charge is -2.27. The molecule has 0 aliphatic carbocycles. The van der Waals surface area contributed by atoms with E-state index in [-0.39, 0.29) is 0 Å². The van der Waals surface area contributed by atoms with Crippen LogP contribution in [0.2, 0.25) is 0 Å². The fraction of sp³-hybridized carbons (Fsp3) is 0.474. The Hall–Kier alpha value is -3.14. The van der Waals surface area contributed by atoms with E-state index in [0.717, 1.165) is 28.4 Å². The summed E-state index contributed by atoms with van der Waals surface area (Å²) in [7, 11) is 5.66. The minimum Gasteiger partial charge on any atom is -0.497 e. The van der Waals surface area contributed by atoms with E-state index < -0.39 is 47.4 Å². The highest BCUT2D eigenvalue weighted by atomic mass is 16.6. The van der Waals surface area contributed by atoms with E-state index in [1.165, 1.54) is 7.11 Å². The zero-order chi connectivity index (χ0) is 21.8. The van der Waals surface area contributed by atoms with Crippen LogP contribution in [-0.4, -0.2) is 65.0 Å². The van der Waals surface area contributed by atoms with Crippen molar-refractivity contribution in [3.8, 4) is 5.75 Å². The average Bonchev–Trinajstić information content (AvgIpc) is 3.14. The second kappa shape index (κ2) is 8.91. The van der Waals surface area contributed by atoms with Gasteiger partial charge in [-0.15, -0.1) is 0 Å². The van der Waals surface area contributed by atoms with Crippen molar-refractivity contribution in [3.05, 3.63) is 29.8 Å². The fourth-order valence-corrected chi connectivity index (χ4v) is 3.42. The van der Waals surface area contributed by atoms with Crippen LogP contribution in [-0.2, 0) is 42.9 Å². The second-order valence-electron chi connectivity index (χ2n) is 6.08. The van der Waals surface area contributed by atoms with Gasteiger partial charge in [-0.3, -0.25) is 9.59 Å². The molecule has 0 spiro atoms. The first-order valence-electron chi connectivity index (χ1n) is 8.46. The second-order valence-corrected chi connectivity index (χ2v) is 6.08. The van der Waals surface area contributed by atoms with Crippen LogP contribution in [0.25, 0.3) is 0 Å². The lowest BCUT2D eigenvalue weighted by molar-refractivity contribution is -0.194. The molecule has 1 heterocycles. The summed E-state index contributed by atoms with van der Waals surface area (Å²) in [5.41, 5.74) is -2.16. The molecular weight excluding hydrogens is 388 g/mol. The van der Waals surface area contributed by atoms with E-state index in [4.69, 9.17) is 28.4 Å². The highest BCUT2D eigenvalue weighted by Crippen LogP contribution is 2.50. The van der Waals surface area contributed by atoms with Gasteiger partial charge in [0.15, 0.2) is 0 Å². The van der Waals surface area contributed by atoms with Crippen LogP contribution in [0, 0.1) is 11.8 Å². The third-order valence-corrected chi connectivity index (χ3v) is 4.79. The number of carbonyl (C=O) groups is 4. The number of methoxy groups -OCH3 is 5. The molecule has 158 valence electrons. The monoisotopic (exact) mass is 410 g/mol. The third kappa shape index (κ3) is 3.63. The Bertz CT molecular complexity index is 769. The van der Waals surface area contributed by atoms with E-state index in [1.54, 1.807) is 24.3 Å². The summed E-state index contributed by atoms with van der Waals surface area (Å²) in [5.74, 6) is -6.89. The molecule has 10 heteroatoms. The molecule has 0 bridgehead atoms. The van der Waals surface area contributed by atoms with E-state index in [2.05, 4.69) is 0 Å². The van der Waals surface area contributed by atoms with Crippen LogP contribution in [0.5, 0.6) is 5.75 Å². The largest absolute Gasteiger partial charge is 0.497 e. The predicted molar refractivity (Wildman–Crippen MR) is 94.6 cm³/mol. The molecule has 1 aliphatic rings. The minimum atomic E-state index is -2.56. The van der Waals surface area contributed by atoms with Crippen LogP contribution >= 0.6 is 0 Å². The Kier molecular flexibility index (Phi) is 6.80. The molecule has 0 amide bonds. The number of benzene rings is 1. The number of rotatable bonds is 6. The predicted octanol–water partition coefficient (Wildman–Crippen LogP) is 0.430. The van der Waals surface area contributed by atoms with Gasteiger partial charge in [-0.05, 0) is 17.7 Å². The van der Waals surface area contributed by atoms with Crippen molar-refractivity contribution < 1.29 is 47.6 Å². The quantitative estimate of drug-likeness (QED) is 0.370. The standard InChI is InChI=1S/C19H22O10/c1-24-11-8-6-10(7-9-11)14-12(15(20)25-2)13(16(21)26-3)19(29-14,17(22)27-4)18(23)28-5/h6-9,12-14H,1-5H3/t12-,13+,14+/m0/s1. The molecule has 1 aromatic carbocycles. The van der Waals surface area contributed by atoms with Gasteiger partial charge in [-0.25, -0.2) is 9.59 Å². The minimum absolute atomic E-state index is 0.393. The normalized spacial score (nSPS) is 22.3. The molecule has 2 rings (SSSR count). The summed E-state index contributed by atoms with van der Waals surface area (Å²) in [6, 6.07) is 6.32. The number of hydrogen-bond acceptors (Lipinski definition) is 10. The van der Waals surface area contributed by atoms with Gasteiger partial charge in [0.2, 0.25) is 0 Å². The summed E-state index contributed by atoms with van der Waals surface area (Å²) in [5, 5.41) is 0. The Morgan fingerprint density at radius 1 is 0.793 bits per heavy atom. The number of hydrogen-bond donors (Lipinski definition) is 0. The molecule has 1 saturated heterocycles. The van der Waals surface area contributed by atoms with Crippen molar-refractivity contribution in [2.75, 3.05) is 35.5 Å². The molecule has 0 aromatic heterocycles.